The molecule has 4 rings (SSSR count). The van der Waals surface area contributed by atoms with Crippen LogP contribution in [0.2, 0.25) is 0 Å². The maximum absolute atomic E-state index is 4.63. The first-order valence-corrected chi connectivity index (χ1v) is 7.13. The Labute approximate surface area is 156 Å². The second-order valence-electron chi connectivity index (χ2n) is 5.51. The molecule has 109 valence electrons. The molecule has 0 fully saturated rings. The van der Waals surface area contributed by atoms with E-state index >= 15 is 0 Å². The van der Waals surface area contributed by atoms with E-state index in [1.165, 1.54) is 33.2 Å². The molecule has 1 heterocycles. The van der Waals surface area contributed by atoms with Gasteiger partial charge in [-0.05, 0) is 27.8 Å². The van der Waals surface area contributed by atoms with Gasteiger partial charge in [0.25, 0.3) is 0 Å². The summed E-state index contributed by atoms with van der Waals surface area (Å²) in [6, 6.07) is 21.6. The van der Waals surface area contributed by atoms with Crippen molar-refractivity contribution in [2.24, 2.45) is 0 Å². The molecular formula is C19H18N2Y-2. The fourth-order valence-electron chi connectivity index (χ4n) is 3.22. The Kier molecular flexibility index (Phi) is 5.38. The van der Waals surface area contributed by atoms with Gasteiger partial charge in [0.05, 0.1) is 0 Å². The Morgan fingerprint density at radius 1 is 0.864 bits per heavy atom. The molecule has 0 saturated heterocycles. The molecule has 3 aromatic carbocycles. The quantitative estimate of drug-likeness (QED) is 0.484. The van der Waals surface area contributed by atoms with Crippen molar-refractivity contribution in [1.29, 1.82) is 0 Å². The summed E-state index contributed by atoms with van der Waals surface area (Å²) in [5.74, 6) is 0.528. The van der Waals surface area contributed by atoms with Crippen LogP contribution in [0, 0.1) is 0 Å². The molecule has 0 aromatic heterocycles. The summed E-state index contributed by atoms with van der Waals surface area (Å²) < 4.78 is 0. The fraction of sp³-hybridized carbons (Fsp3) is 0.158. The van der Waals surface area contributed by atoms with E-state index in [9.17, 15) is 0 Å². The van der Waals surface area contributed by atoms with Crippen LogP contribution in [-0.2, 0) is 32.7 Å². The molecule has 0 spiro atoms. The standard InChI is InChI=1S/C19H16N.H2N.Y/c1-13-12-20-18-11-10-16-15(14-6-3-2-4-7-14)8-5-9-17(16)19(13)18;;/h2-11,13H,12H2,1H3;1H2;/q2*-1;. The van der Waals surface area contributed by atoms with E-state index in [1.807, 2.05) is 0 Å². The number of hydrogen-bond acceptors (Lipinski definition) is 0. The van der Waals surface area contributed by atoms with Crippen molar-refractivity contribution in [3.63, 3.8) is 0 Å². The third-order valence-corrected chi connectivity index (χ3v) is 4.19. The second kappa shape index (κ2) is 6.91. The predicted octanol–water partition coefficient (Wildman–Crippen LogP) is 6.34. The van der Waals surface area contributed by atoms with Crippen molar-refractivity contribution >= 4 is 16.5 Å². The van der Waals surface area contributed by atoms with Crippen LogP contribution in [0.25, 0.3) is 33.4 Å². The zero-order valence-electron chi connectivity index (χ0n) is 12.7. The van der Waals surface area contributed by atoms with Crippen LogP contribution in [0.1, 0.15) is 18.4 Å². The Bertz CT molecular complexity index is 784. The molecule has 1 unspecified atom stereocenters. The summed E-state index contributed by atoms with van der Waals surface area (Å²) in [7, 11) is 0. The molecule has 3 heteroatoms. The summed E-state index contributed by atoms with van der Waals surface area (Å²) in [4.78, 5) is 0. The zero-order chi connectivity index (χ0) is 13.5. The molecule has 0 saturated carbocycles. The van der Waals surface area contributed by atoms with Crippen LogP contribution in [0.5, 0.6) is 0 Å². The average molecular weight is 363 g/mol. The Morgan fingerprint density at radius 2 is 1.64 bits per heavy atom. The first-order valence-electron chi connectivity index (χ1n) is 7.13. The summed E-state index contributed by atoms with van der Waals surface area (Å²) in [5, 5.41) is 7.33. The van der Waals surface area contributed by atoms with Gasteiger partial charge in [-0.1, -0.05) is 73.2 Å². The Balaban J connectivity index is 0.000000882. The van der Waals surface area contributed by atoms with Crippen LogP contribution in [0.3, 0.4) is 0 Å². The monoisotopic (exact) mass is 363 g/mol. The van der Waals surface area contributed by atoms with Crippen molar-refractivity contribution < 1.29 is 32.7 Å². The molecule has 1 atom stereocenters. The van der Waals surface area contributed by atoms with Gasteiger partial charge in [0.15, 0.2) is 0 Å². The van der Waals surface area contributed by atoms with E-state index in [0.717, 1.165) is 6.54 Å². The van der Waals surface area contributed by atoms with Crippen molar-refractivity contribution in [1.82, 2.24) is 0 Å². The molecule has 1 aliphatic rings. The molecule has 0 aliphatic carbocycles. The van der Waals surface area contributed by atoms with Gasteiger partial charge in [0, 0.05) is 32.7 Å². The fourth-order valence-corrected chi connectivity index (χ4v) is 3.22. The number of fused-ring (bicyclic) bond motifs is 3. The molecule has 0 amide bonds. The summed E-state index contributed by atoms with van der Waals surface area (Å²) in [6.45, 7) is 3.19. The van der Waals surface area contributed by atoms with E-state index < -0.39 is 0 Å². The van der Waals surface area contributed by atoms with Crippen LogP contribution in [0.15, 0.2) is 60.7 Å². The minimum Gasteiger partial charge on any atom is -0.693 e. The molecular weight excluding hydrogens is 345 g/mol. The number of rotatable bonds is 1. The Hall–Kier alpha value is -1.22. The van der Waals surface area contributed by atoms with Crippen LogP contribution < -0.4 is 0 Å². The largest absolute Gasteiger partial charge is 0.693 e. The summed E-state index contributed by atoms with van der Waals surface area (Å²) >= 11 is 0. The second-order valence-corrected chi connectivity index (χ2v) is 5.51. The van der Waals surface area contributed by atoms with Crippen molar-refractivity contribution in [2.45, 2.75) is 12.8 Å². The van der Waals surface area contributed by atoms with Crippen LogP contribution in [0.4, 0.5) is 5.69 Å². The van der Waals surface area contributed by atoms with Gasteiger partial charge in [-0.2, -0.15) is 0 Å². The van der Waals surface area contributed by atoms with Crippen LogP contribution in [-0.4, -0.2) is 6.54 Å². The number of nitrogens with two attached hydrogens (primary N) is 1. The third kappa shape index (κ3) is 2.71. The summed E-state index contributed by atoms with van der Waals surface area (Å²) in [6.07, 6.45) is 0. The molecule has 2 nitrogen and oxygen atoms in total. The maximum Gasteiger partial charge on any atom is 0 e. The van der Waals surface area contributed by atoms with Crippen LogP contribution >= 0.6 is 0 Å². The van der Waals surface area contributed by atoms with Crippen molar-refractivity contribution in [2.75, 3.05) is 6.54 Å². The average Bonchev–Trinajstić information content (AvgIpc) is 2.89. The number of hydrogen-bond donors (Lipinski definition) is 0. The van der Waals surface area contributed by atoms with Gasteiger partial charge in [-0.25, -0.2) is 0 Å². The van der Waals surface area contributed by atoms with E-state index in [0.29, 0.717) is 5.92 Å². The van der Waals surface area contributed by atoms with Gasteiger partial charge in [-0.3, -0.25) is 0 Å². The van der Waals surface area contributed by atoms with Gasteiger partial charge in [0.2, 0.25) is 0 Å². The van der Waals surface area contributed by atoms with E-state index in [2.05, 4.69) is 72.9 Å². The summed E-state index contributed by atoms with van der Waals surface area (Å²) in [5.41, 5.74) is 5.18. The smallest absolute Gasteiger partial charge is 0 e. The molecule has 22 heavy (non-hydrogen) atoms. The molecule has 1 radical (unpaired) electrons. The third-order valence-electron chi connectivity index (χ3n) is 4.19. The van der Waals surface area contributed by atoms with Gasteiger partial charge in [-0.15, -0.1) is 12.2 Å². The first-order chi connectivity index (χ1) is 9.84. The first kappa shape index (κ1) is 17.1. The van der Waals surface area contributed by atoms with E-state index in [1.54, 1.807) is 0 Å². The van der Waals surface area contributed by atoms with Gasteiger partial charge in [0.1, 0.15) is 0 Å². The molecule has 2 N–H and O–H groups in total. The minimum atomic E-state index is 0. The topological polar surface area (TPSA) is 47.6 Å². The van der Waals surface area contributed by atoms with E-state index in [4.69, 9.17) is 0 Å². The molecule has 3 aromatic rings. The van der Waals surface area contributed by atoms with Gasteiger partial charge >= 0.3 is 0 Å². The maximum atomic E-state index is 4.63. The molecule has 1 aliphatic heterocycles. The number of benzene rings is 3. The number of nitrogens with zero attached hydrogens (tertiary/aromatic N) is 1. The van der Waals surface area contributed by atoms with Crippen molar-refractivity contribution in [3.8, 4) is 11.1 Å². The molecule has 0 bridgehead atoms. The Morgan fingerprint density at radius 3 is 2.41 bits per heavy atom. The minimum absolute atomic E-state index is 0. The van der Waals surface area contributed by atoms with Gasteiger partial charge < -0.3 is 11.5 Å². The van der Waals surface area contributed by atoms with E-state index in [-0.39, 0.29) is 38.9 Å². The van der Waals surface area contributed by atoms with Crippen molar-refractivity contribution in [3.05, 3.63) is 77.7 Å². The zero-order valence-corrected chi connectivity index (χ0v) is 15.5. The normalized spacial score (nSPS) is 15.4. The predicted molar refractivity (Wildman–Crippen MR) is 91.0 cm³/mol. The SMILES string of the molecule is CC1C[N-]c2ccc3c(-c4ccccc4)cccc3c21.[NH2-].[Y].